The van der Waals surface area contributed by atoms with Crippen molar-refractivity contribution in [2.45, 2.75) is 39.7 Å². The molecule has 0 bridgehead atoms. The van der Waals surface area contributed by atoms with Crippen LogP contribution in [-0.2, 0) is 0 Å². The summed E-state index contributed by atoms with van der Waals surface area (Å²) in [4.78, 5) is 2.45. The van der Waals surface area contributed by atoms with Gasteiger partial charge in [-0.3, -0.25) is 0 Å². The Balaban J connectivity index is 1.86. The van der Waals surface area contributed by atoms with E-state index < -0.39 is 0 Å². The Kier molecular flexibility index (Phi) is 5.00. The summed E-state index contributed by atoms with van der Waals surface area (Å²) in [5.74, 6) is 0.813. The molecule has 1 heterocycles. The summed E-state index contributed by atoms with van der Waals surface area (Å²) in [6, 6.07) is 7.26. The molecule has 1 aliphatic rings. The molecule has 1 saturated heterocycles. The molecule has 1 fully saturated rings. The van der Waals surface area contributed by atoms with Gasteiger partial charge in [-0.1, -0.05) is 18.2 Å². The molecule has 2 unspecified atom stereocenters. The van der Waals surface area contributed by atoms with Crippen molar-refractivity contribution in [1.82, 2.24) is 10.2 Å². The quantitative estimate of drug-likeness (QED) is 0.893. The number of nitrogens with zero attached hydrogens (tertiary/aromatic N) is 1. The molecular weight excluding hydrogens is 232 g/mol. The topological polar surface area (TPSA) is 15.3 Å². The summed E-state index contributed by atoms with van der Waals surface area (Å²) in [6.07, 6.45) is 2.72. The number of aryl methyl sites for hydroxylation is 2. The second-order valence-electron chi connectivity index (χ2n) is 6.24. The fourth-order valence-electron chi connectivity index (χ4n) is 2.94. The monoisotopic (exact) mass is 260 g/mol. The normalized spacial score (nSPS) is 22.4. The Morgan fingerprint density at radius 1 is 1.32 bits per heavy atom. The molecule has 0 aromatic heterocycles. The zero-order valence-corrected chi connectivity index (χ0v) is 12.9. The van der Waals surface area contributed by atoms with Crippen molar-refractivity contribution in [1.29, 1.82) is 0 Å². The fraction of sp³-hybridized carbons (Fsp3) is 0.647. The Morgan fingerprint density at radius 3 is 2.79 bits per heavy atom. The lowest BCUT2D eigenvalue weighted by atomic mass is 9.97. The summed E-state index contributed by atoms with van der Waals surface area (Å²) in [5, 5.41) is 3.71. The first-order valence-corrected chi connectivity index (χ1v) is 7.55. The molecule has 2 atom stereocenters. The van der Waals surface area contributed by atoms with Crippen LogP contribution < -0.4 is 5.32 Å². The maximum absolute atomic E-state index is 3.71. The molecule has 0 aliphatic carbocycles. The first-order chi connectivity index (χ1) is 9.06. The highest BCUT2D eigenvalue weighted by molar-refractivity contribution is 5.31. The van der Waals surface area contributed by atoms with Crippen molar-refractivity contribution in [2.75, 3.05) is 26.7 Å². The number of hydrogen-bond donors (Lipinski definition) is 1. The van der Waals surface area contributed by atoms with Crippen LogP contribution in [0.1, 0.15) is 42.5 Å². The minimum absolute atomic E-state index is 0.450. The molecular formula is C17H28N2. The van der Waals surface area contributed by atoms with Gasteiger partial charge in [0.25, 0.3) is 0 Å². The predicted molar refractivity (Wildman–Crippen MR) is 82.6 cm³/mol. The van der Waals surface area contributed by atoms with E-state index in [0.717, 1.165) is 12.5 Å². The Bertz CT molecular complexity index is 414. The van der Waals surface area contributed by atoms with E-state index in [1.807, 2.05) is 0 Å². The first kappa shape index (κ1) is 14.5. The summed E-state index contributed by atoms with van der Waals surface area (Å²) in [7, 11) is 2.24. The summed E-state index contributed by atoms with van der Waals surface area (Å²) >= 11 is 0. The van der Waals surface area contributed by atoms with Crippen LogP contribution in [0.5, 0.6) is 0 Å². The maximum Gasteiger partial charge on any atom is 0.0292 e. The zero-order chi connectivity index (χ0) is 13.8. The van der Waals surface area contributed by atoms with E-state index in [-0.39, 0.29) is 0 Å². The van der Waals surface area contributed by atoms with Gasteiger partial charge in [-0.05, 0) is 76.4 Å². The Labute approximate surface area is 118 Å². The Morgan fingerprint density at radius 2 is 2.11 bits per heavy atom. The van der Waals surface area contributed by atoms with E-state index in [1.165, 1.54) is 42.6 Å². The first-order valence-electron chi connectivity index (χ1n) is 7.55. The summed E-state index contributed by atoms with van der Waals surface area (Å²) < 4.78 is 0. The number of likely N-dealkylation sites (tertiary alicyclic amines) is 1. The van der Waals surface area contributed by atoms with E-state index in [9.17, 15) is 0 Å². The molecule has 1 aliphatic heterocycles. The van der Waals surface area contributed by atoms with Crippen molar-refractivity contribution in [3.8, 4) is 0 Å². The second kappa shape index (κ2) is 6.53. The van der Waals surface area contributed by atoms with Crippen molar-refractivity contribution < 1.29 is 0 Å². The van der Waals surface area contributed by atoms with Crippen LogP contribution in [0.15, 0.2) is 18.2 Å². The van der Waals surface area contributed by atoms with Gasteiger partial charge in [-0.15, -0.1) is 0 Å². The standard InChI is InChI=1S/C17H28N2/c1-13-7-8-17(10-14(13)2)15(3)18-11-16-6-5-9-19(4)12-16/h7-8,10,15-16,18H,5-6,9,11-12H2,1-4H3. The van der Waals surface area contributed by atoms with E-state index in [1.54, 1.807) is 0 Å². The predicted octanol–water partition coefficient (Wildman–Crippen LogP) is 3.30. The van der Waals surface area contributed by atoms with E-state index >= 15 is 0 Å². The van der Waals surface area contributed by atoms with Crippen molar-refractivity contribution in [3.05, 3.63) is 34.9 Å². The van der Waals surface area contributed by atoms with Gasteiger partial charge < -0.3 is 10.2 Å². The highest BCUT2D eigenvalue weighted by Gasteiger charge is 2.17. The maximum atomic E-state index is 3.71. The number of rotatable bonds is 4. The molecule has 19 heavy (non-hydrogen) atoms. The third kappa shape index (κ3) is 4.05. The molecule has 1 aromatic rings. The largest absolute Gasteiger partial charge is 0.310 e. The Hall–Kier alpha value is -0.860. The minimum atomic E-state index is 0.450. The molecule has 0 radical (unpaired) electrons. The molecule has 106 valence electrons. The number of nitrogens with one attached hydrogen (secondary N) is 1. The van der Waals surface area contributed by atoms with Crippen LogP contribution in [0.2, 0.25) is 0 Å². The lowest BCUT2D eigenvalue weighted by molar-refractivity contribution is 0.203. The van der Waals surface area contributed by atoms with E-state index in [0.29, 0.717) is 6.04 Å². The van der Waals surface area contributed by atoms with E-state index in [4.69, 9.17) is 0 Å². The summed E-state index contributed by atoms with van der Waals surface area (Å²) in [6.45, 7) is 10.3. The van der Waals surface area contributed by atoms with Gasteiger partial charge in [-0.2, -0.15) is 0 Å². The van der Waals surface area contributed by atoms with Crippen molar-refractivity contribution >= 4 is 0 Å². The van der Waals surface area contributed by atoms with Crippen LogP contribution >= 0.6 is 0 Å². The minimum Gasteiger partial charge on any atom is -0.310 e. The van der Waals surface area contributed by atoms with Crippen LogP contribution in [0, 0.1) is 19.8 Å². The molecule has 0 spiro atoms. The van der Waals surface area contributed by atoms with Gasteiger partial charge in [0.15, 0.2) is 0 Å². The van der Waals surface area contributed by atoms with Gasteiger partial charge in [0, 0.05) is 12.6 Å². The van der Waals surface area contributed by atoms with Crippen molar-refractivity contribution in [2.24, 2.45) is 5.92 Å². The number of benzene rings is 1. The zero-order valence-electron chi connectivity index (χ0n) is 12.9. The van der Waals surface area contributed by atoms with Crippen LogP contribution in [-0.4, -0.2) is 31.6 Å². The molecule has 1 aromatic carbocycles. The lowest BCUT2D eigenvalue weighted by Gasteiger charge is -2.30. The van der Waals surface area contributed by atoms with Gasteiger partial charge in [-0.25, -0.2) is 0 Å². The van der Waals surface area contributed by atoms with Gasteiger partial charge >= 0.3 is 0 Å². The van der Waals surface area contributed by atoms with Crippen LogP contribution in [0.3, 0.4) is 0 Å². The van der Waals surface area contributed by atoms with Crippen LogP contribution in [0.4, 0.5) is 0 Å². The average Bonchev–Trinajstić information content (AvgIpc) is 2.39. The SMILES string of the molecule is Cc1ccc(C(C)NCC2CCCN(C)C2)cc1C. The molecule has 2 nitrogen and oxygen atoms in total. The summed E-state index contributed by atoms with van der Waals surface area (Å²) in [5.41, 5.74) is 4.18. The average molecular weight is 260 g/mol. The van der Waals surface area contributed by atoms with Gasteiger partial charge in [0.1, 0.15) is 0 Å². The van der Waals surface area contributed by atoms with Gasteiger partial charge in [0.2, 0.25) is 0 Å². The number of hydrogen-bond acceptors (Lipinski definition) is 2. The third-order valence-corrected chi connectivity index (χ3v) is 4.47. The molecule has 0 saturated carbocycles. The highest BCUT2D eigenvalue weighted by atomic mass is 15.1. The van der Waals surface area contributed by atoms with Crippen molar-refractivity contribution in [3.63, 3.8) is 0 Å². The van der Waals surface area contributed by atoms with Crippen LogP contribution in [0.25, 0.3) is 0 Å². The van der Waals surface area contributed by atoms with Gasteiger partial charge in [0.05, 0.1) is 0 Å². The second-order valence-corrected chi connectivity index (χ2v) is 6.24. The molecule has 2 rings (SSSR count). The third-order valence-electron chi connectivity index (χ3n) is 4.47. The smallest absolute Gasteiger partial charge is 0.0292 e. The lowest BCUT2D eigenvalue weighted by Crippen LogP contribution is -2.37. The molecule has 2 heteroatoms. The number of piperidine rings is 1. The molecule has 0 amide bonds. The molecule has 1 N–H and O–H groups in total. The fourth-order valence-corrected chi connectivity index (χ4v) is 2.94. The van der Waals surface area contributed by atoms with E-state index in [2.05, 4.69) is 56.2 Å². The highest BCUT2D eigenvalue weighted by Crippen LogP contribution is 2.19.